The highest BCUT2D eigenvalue weighted by molar-refractivity contribution is 7.94. The zero-order chi connectivity index (χ0) is 63.8. The quantitative estimate of drug-likeness (QED) is 0.00736. The number of nitrogens with one attached hydrogen (secondary N) is 7. The van der Waals surface area contributed by atoms with E-state index in [0.717, 1.165) is 160 Å². The van der Waals surface area contributed by atoms with E-state index in [1.54, 1.807) is 48.5 Å². The molecular formula is C61H89N17O9S2. The van der Waals surface area contributed by atoms with Gasteiger partial charge in [-0.1, -0.05) is 77.6 Å². The molecule has 0 bridgehead atoms. The number of hydrogen-bond donors (Lipinski definition) is 11. The molecule has 0 atom stereocenters. The molecule has 28 heteroatoms. The molecule has 1 amide bonds. The number of rotatable bonds is 40. The molecule has 7 aromatic rings. The molecular weight excluding hydrogens is 1180 g/mol. The summed E-state index contributed by atoms with van der Waals surface area (Å²) in [5.74, 6) is 2.50. The number of anilines is 9. The number of aromatic nitrogens is 6. The molecule has 0 saturated carbocycles. The van der Waals surface area contributed by atoms with Crippen LogP contribution in [0.4, 0.5) is 52.8 Å². The molecule has 0 spiro atoms. The largest absolute Gasteiger partial charge is 0.507 e. The molecule has 0 fully saturated rings. The average molecular weight is 1270 g/mol. The van der Waals surface area contributed by atoms with Gasteiger partial charge in [-0.25, -0.2) is 10.5 Å². The third-order valence-corrected chi connectivity index (χ3v) is 15.8. The Morgan fingerprint density at radius 3 is 1.11 bits per heavy atom. The molecule has 26 nitrogen and oxygen atoms in total. The lowest BCUT2D eigenvalue weighted by molar-refractivity contribution is -0.432. The summed E-state index contributed by atoms with van der Waals surface area (Å²) in [4.78, 5) is 51.3. The summed E-state index contributed by atoms with van der Waals surface area (Å²) >= 11 is 1.54. The Balaban J connectivity index is 0.000000290. The summed E-state index contributed by atoms with van der Waals surface area (Å²) in [5.41, 5.74) is 2.39. The normalized spacial score (nSPS) is 11.4. The lowest BCUT2D eigenvalue weighted by Gasteiger charge is -2.18. The summed E-state index contributed by atoms with van der Waals surface area (Å²) < 4.78 is 8.92. The fourth-order valence-electron chi connectivity index (χ4n) is 9.50. The zero-order valence-electron chi connectivity index (χ0n) is 52.3. The summed E-state index contributed by atoms with van der Waals surface area (Å²) in [7, 11) is 0. The fourth-order valence-corrected chi connectivity index (χ4v) is 10.4. The van der Waals surface area contributed by atoms with E-state index in [-0.39, 0.29) is 17.4 Å². The van der Waals surface area contributed by atoms with E-state index >= 15 is 0 Å². The van der Waals surface area contributed by atoms with Gasteiger partial charge < -0.3 is 67.0 Å². The summed E-state index contributed by atoms with van der Waals surface area (Å²) in [6.07, 6.45) is 3.87. The van der Waals surface area contributed by atoms with Gasteiger partial charge in [-0.15, -0.1) is 8.67 Å². The van der Waals surface area contributed by atoms with Crippen LogP contribution >= 0.6 is 24.1 Å². The molecule has 0 aliphatic carbocycles. The maximum atomic E-state index is 13.1. The van der Waals surface area contributed by atoms with Crippen molar-refractivity contribution >= 4 is 104 Å². The molecule has 0 saturated heterocycles. The van der Waals surface area contributed by atoms with Crippen LogP contribution in [0.5, 0.6) is 11.5 Å². The van der Waals surface area contributed by atoms with Crippen molar-refractivity contribution in [3.8, 4) is 11.5 Å². The summed E-state index contributed by atoms with van der Waals surface area (Å²) in [5, 5.41) is 70.5. The molecule has 7 rings (SSSR count). The van der Waals surface area contributed by atoms with Crippen LogP contribution in [0.3, 0.4) is 0 Å². The first-order valence-electron chi connectivity index (χ1n) is 30.5. The molecule has 0 radical (unpaired) electrons. The Hall–Kier alpha value is -7.19. The molecule has 484 valence electrons. The van der Waals surface area contributed by atoms with Crippen molar-refractivity contribution in [1.29, 1.82) is 0 Å². The SMILES string of the molecule is CCN(CC)CCCNc1nc(NCCCN(CC)CC)nc(Nc2ccc(C(=O)Nc3ccc4cc(SOOO)cc(O)c4c3)cc2)n1.CCN(CC)CCCNc1nc(NCCCN(CC)CC)nc(Nc2ccc3cc(SOOO)cc(O)c3c2)n1. The fraction of sp³-hybridized carbons (Fsp3) is 0.459. The molecule has 2 aromatic heterocycles. The Morgan fingerprint density at radius 1 is 0.427 bits per heavy atom. The minimum absolute atomic E-state index is 0.0117. The lowest BCUT2D eigenvalue weighted by atomic mass is 10.1. The first-order valence-corrected chi connectivity index (χ1v) is 32.0. The van der Waals surface area contributed by atoms with Crippen molar-refractivity contribution in [3.05, 3.63) is 90.5 Å². The maximum Gasteiger partial charge on any atom is 0.255 e. The van der Waals surface area contributed by atoms with Gasteiger partial charge in [0.25, 0.3) is 5.91 Å². The van der Waals surface area contributed by atoms with Crippen LogP contribution in [-0.2, 0) is 18.7 Å². The van der Waals surface area contributed by atoms with Crippen molar-refractivity contribution < 1.29 is 44.3 Å². The van der Waals surface area contributed by atoms with E-state index in [1.807, 2.05) is 24.3 Å². The van der Waals surface area contributed by atoms with Crippen LogP contribution in [0.25, 0.3) is 21.5 Å². The van der Waals surface area contributed by atoms with Crippen LogP contribution < -0.4 is 37.2 Å². The van der Waals surface area contributed by atoms with Crippen molar-refractivity contribution in [2.75, 3.05) is 142 Å². The Kier molecular flexibility index (Phi) is 31.1. The van der Waals surface area contributed by atoms with E-state index in [0.29, 0.717) is 84.3 Å². The Morgan fingerprint density at radius 2 is 0.753 bits per heavy atom. The van der Waals surface area contributed by atoms with Gasteiger partial charge in [0, 0.05) is 69.4 Å². The van der Waals surface area contributed by atoms with Gasteiger partial charge in [-0.05, 0) is 188 Å². The number of phenolic OH excluding ortho intramolecular Hbond substituents is 2. The maximum absolute atomic E-state index is 13.1. The number of benzene rings is 5. The second-order valence-electron chi connectivity index (χ2n) is 20.3. The number of nitrogens with zero attached hydrogens (tertiary/aromatic N) is 10. The highest BCUT2D eigenvalue weighted by atomic mass is 32.2. The molecule has 0 aliphatic heterocycles. The Bertz CT molecular complexity index is 3140. The van der Waals surface area contributed by atoms with Gasteiger partial charge in [0.1, 0.15) is 11.5 Å². The number of fused-ring (bicyclic) bond motifs is 2. The number of phenols is 2. The van der Waals surface area contributed by atoms with E-state index in [1.165, 1.54) is 12.1 Å². The van der Waals surface area contributed by atoms with Gasteiger partial charge in [-0.3, -0.25) is 4.79 Å². The zero-order valence-corrected chi connectivity index (χ0v) is 54.0. The third kappa shape index (κ3) is 23.9. The molecule has 2 heterocycles. The predicted molar refractivity (Wildman–Crippen MR) is 357 cm³/mol. The van der Waals surface area contributed by atoms with Crippen LogP contribution in [0.15, 0.2) is 94.7 Å². The number of amides is 1. The van der Waals surface area contributed by atoms with Crippen molar-refractivity contribution in [2.45, 2.75) is 90.9 Å². The van der Waals surface area contributed by atoms with Gasteiger partial charge in [0.05, 0.1) is 24.1 Å². The molecule has 11 N–H and O–H groups in total. The monoisotopic (exact) mass is 1270 g/mol. The van der Waals surface area contributed by atoms with Crippen LogP contribution in [0.2, 0.25) is 0 Å². The van der Waals surface area contributed by atoms with E-state index in [4.69, 9.17) is 10.5 Å². The van der Waals surface area contributed by atoms with Crippen molar-refractivity contribution in [3.63, 3.8) is 0 Å². The first kappa shape index (κ1) is 70.9. The first-order chi connectivity index (χ1) is 43.3. The topological polar surface area (TPSA) is 309 Å². The molecule has 5 aromatic carbocycles. The predicted octanol–water partition coefficient (Wildman–Crippen LogP) is 11.6. The van der Waals surface area contributed by atoms with E-state index in [9.17, 15) is 15.0 Å². The van der Waals surface area contributed by atoms with Gasteiger partial charge in [0.15, 0.2) is 0 Å². The minimum Gasteiger partial charge on any atom is -0.507 e. The van der Waals surface area contributed by atoms with Gasteiger partial charge in [-0.2, -0.15) is 29.9 Å². The van der Waals surface area contributed by atoms with Crippen LogP contribution in [0.1, 0.15) is 91.4 Å². The van der Waals surface area contributed by atoms with E-state index in [2.05, 4.69) is 161 Å². The van der Waals surface area contributed by atoms with Gasteiger partial charge >= 0.3 is 0 Å². The van der Waals surface area contributed by atoms with Crippen LogP contribution in [0, 0.1) is 0 Å². The minimum atomic E-state index is -0.307. The lowest BCUT2D eigenvalue weighted by Crippen LogP contribution is -2.26. The molecule has 0 unspecified atom stereocenters. The summed E-state index contributed by atoms with van der Waals surface area (Å²) in [6.45, 7) is 32.5. The van der Waals surface area contributed by atoms with Crippen molar-refractivity contribution in [2.24, 2.45) is 0 Å². The smallest absolute Gasteiger partial charge is 0.255 e. The highest BCUT2D eigenvalue weighted by Gasteiger charge is 2.15. The number of carbonyl (C=O) groups is 1. The second-order valence-corrected chi connectivity index (χ2v) is 21.9. The van der Waals surface area contributed by atoms with Gasteiger partial charge in [0.2, 0.25) is 35.7 Å². The van der Waals surface area contributed by atoms with Crippen molar-refractivity contribution in [1.82, 2.24) is 49.5 Å². The highest BCUT2D eigenvalue weighted by Crippen LogP contribution is 2.35. The van der Waals surface area contributed by atoms with E-state index < -0.39 is 0 Å². The summed E-state index contributed by atoms with van der Waals surface area (Å²) in [6, 6.07) is 24.3. The third-order valence-electron chi connectivity index (χ3n) is 14.6. The Labute approximate surface area is 530 Å². The standard InChI is InChI=1S/C34H47N9O5S.C27H42N8O4S/c1-5-42(6-2)19-9-17-35-32-39-33(36-18-10-20-43(7-3)8-4)41-34(40-32)38-26-14-11-24(12-15-26)31(45)37-27-16-13-25-21-28(49-48-47-46)23-30(44)29(25)22-27;1-5-34(6-2)15-9-13-28-25-31-26(29-14-10-16-35(7-3)8-4)33-27(32-25)30-21-12-11-20-17-22(40-39-38-37)19-24(36)23(20)18-21/h11-16,21-23,44,46H,5-10,17-20H2,1-4H3,(H,37,45)(H3,35,36,38,39,40,41);11-12,17-19,36-37H,5-10,13-16H2,1-4H3,(H3,28,29,30,31,32,33). The molecule has 89 heavy (non-hydrogen) atoms. The number of aromatic hydroxyl groups is 2. The average Bonchev–Trinajstić information content (AvgIpc) is 2.09. The van der Waals surface area contributed by atoms with Crippen LogP contribution in [-0.4, -0.2) is 181 Å². The second kappa shape index (κ2) is 39.0. The number of carbonyl (C=O) groups excluding carboxylic acids is 1. The number of hydrogen-bond acceptors (Lipinski definition) is 27. The molecule has 0 aliphatic rings.